The van der Waals surface area contributed by atoms with Gasteiger partial charge in [-0.15, -0.1) is 0 Å². The average Bonchev–Trinajstić information content (AvgIpc) is 3.27. The second kappa shape index (κ2) is 6.75. The number of amides is 1. The van der Waals surface area contributed by atoms with Crippen LogP contribution in [0.15, 0.2) is 30.5 Å². The van der Waals surface area contributed by atoms with E-state index in [-0.39, 0.29) is 23.1 Å². The highest BCUT2D eigenvalue weighted by molar-refractivity contribution is 5.80. The molecule has 0 saturated carbocycles. The number of fused-ring (bicyclic) bond motifs is 1. The summed E-state index contributed by atoms with van der Waals surface area (Å²) in [5.74, 6) is -0.450. The van der Waals surface area contributed by atoms with E-state index < -0.39 is 17.5 Å². The van der Waals surface area contributed by atoms with Gasteiger partial charge in [-0.25, -0.2) is 4.98 Å². The predicted octanol–water partition coefficient (Wildman–Crippen LogP) is 3.92. The highest BCUT2D eigenvalue weighted by Gasteiger charge is 2.32. The number of carbonyl (C=O) groups excluding carboxylic acids is 1. The molecule has 0 spiro atoms. The van der Waals surface area contributed by atoms with Gasteiger partial charge in [-0.2, -0.15) is 18.3 Å². The van der Waals surface area contributed by atoms with E-state index in [4.69, 9.17) is 0 Å². The molecule has 2 aromatic heterocycles. The van der Waals surface area contributed by atoms with Crippen molar-refractivity contribution in [2.45, 2.75) is 32.5 Å². The summed E-state index contributed by atoms with van der Waals surface area (Å²) in [7, 11) is 0. The van der Waals surface area contributed by atoms with Gasteiger partial charge in [-0.1, -0.05) is 0 Å². The number of halogens is 3. The van der Waals surface area contributed by atoms with Crippen LogP contribution in [0.5, 0.6) is 5.75 Å². The first kappa shape index (κ1) is 19.2. The normalized spacial score (nSPS) is 17.3. The number of carbonyl (C=O) groups is 1. The zero-order chi connectivity index (χ0) is 20.9. The third kappa shape index (κ3) is 3.52. The molecule has 9 heteroatoms. The van der Waals surface area contributed by atoms with Crippen molar-refractivity contribution in [2.75, 3.05) is 13.1 Å². The Labute approximate surface area is 164 Å². The fourth-order valence-corrected chi connectivity index (χ4v) is 3.76. The van der Waals surface area contributed by atoms with Gasteiger partial charge in [0.1, 0.15) is 5.75 Å². The Morgan fingerprint density at radius 3 is 2.66 bits per heavy atom. The number of aromatic hydroxyl groups is 1. The number of phenols is 1. The zero-order valence-electron chi connectivity index (χ0n) is 15.9. The van der Waals surface area contributed by atoms with Crippen LogP contribution in [0.4, 0.5) is 13.2 Å². The zero-order valence-corrected chi connectivity index (χ0v) is 15.9. The number of likely N-dealkylation sites (tertiary alicyclic amines) is 1. The molecule has 152 valence electrons. The molecule has 0 aliphatic carbocycles. The Morgan fingerprint density at radius 2 is 2.03 bits per heavy atom. The van der Waals surface area contributed by atoms with Crippen molar-refractivity contribution in [2.24, 2.45) is 0 Å². The molecule has 0 bridgehead atoms. The molecule has 1 aliphatic rings. The minimum Gasteiger partial charge on any atom is -0.507 e. The van der Waals surface area contributed by atoms with Crippen molar-refractivity contribution in [3.05, 3.63) is 41.6 Å². The van der Waals surface area contributed by atoms with Crippen molar-refractivity contribution >= 4 is 16.9 Å². The van der Waals surface area contributed by atoms with Gasteiger partial charge in [-0.3, -0.25) is 9.48 Å². The lowest BCUT2D eigenvalue weighted by Gasteiger charge is -2.13. The minimum atomic E-state index is -4.54. The Hall–Kier alpha value is -3.10. The maximum atomic E-state index is 13.0. The molecule has 1 fully saturated rings. The first-order chi connectivity index (χ1) is 13.6. The van der Waals surface area contributed by atoms with Gasteiger partial charge in [0.25, 0.3) is 0 Å². The second-order valence-corrected chi connectivity index (χ2v) is 7.31. The topological polar surface area (TPSA) is 71.2 Å². The van der Waals surface area contributed by atoms with Crippen LogP contribution in [0, 0.1) is 6.92 Å². The summed E-state index contributed by atoms with van der Waals surface area (Å²) in [4.78, 5) is 17.8. The van der Waals surface area contributed by atoms with Gasteiger partial charge in [0.15, 0.2) is 5.65 Å². The number of hydrogen-bond donors (Lipinski definition) is 1. The number of nitrogens with zero attached hydrogens (tertiary/aromatic N) is 4. The van der Waals surface area contributed by atoms with E-state index in [1.54, 1.807) is 21.7 Å². The molecule has 0 unspecified atom stereocenters. The van der Waals surface area contributed by atoms with Crippen LogP contribution in [0.25, 0.3) is 22.3 Å². The van der Waals surface area contributed by atoms with Crippen LogP contribution in [-0.2, 0) is 11.0 Å². The van der Waals surface area contributed by atoms with E-state index in [2.05, 4.69) is 10.1 Å². The van der Waals surface area contributed by atoms with Gasteiger partial charge in [0.05, 0.1) is 17.3 Å². The molecule has 3 aromatic rings. The van der Waals surface area contributed by atoms with E-state index in [0.717, 1.165) is 17.9 Å². The standard InChI is InChI=1S/C20H19F3N4O2/c1-11-7-14(20(21,22)23)8-17(29)18(11)16-4-3-13-9-27(25-19(13)24-16)15-5-6-26(10-15)12(2)28/h3-4,7-9,15,29H,5-6,10H2,1-2H3/t15-/m0/s1. The number of aromatic nitrogens is 3. The molecule has 1 aromatic carbocycles. The van der Waals surface area contributed by atoms with E-state index in [9.17, 15) is 23.1 Å². The lowest BCUT2D eigenvalue weighted by Crippen LogP contribution is -2.26. The highest BCUT2D eigenvalue weighted by Crippen LogP contribution is 2.38. The molecular weight excluding hydrogens is 385 g/mol. The molecule has 1 atom stereocenters. The van der Waals surface area contributed by atoms with Crippen molar-refractivity contribution in [3.63, 3.8) is 0 Å². The van der Waals surface area contributed by atoms with Crippen LogP contribution in [0.2, 0.25) is 0 Å². The molecule has 1 saturated heterocycles. The molecule has 4 rings (SSSR count). The minimum absolute atomic E-state index is 0.0258. The Bertz CT molecular complexity index is 1080. The number of hydrogen-bond acceptors (Lipinski definition) is 4. The third-order valence-corrected chi connectivity index (χ3v) is 5.27. The Morgan fingerprint density at radius 1 is 1.28 bits per heavy atom. The van der Waals surface area contributed by atoms with Gasteiger partial charge < -0.3 is 10.0 Å². The van der Waals surface area contributed by atoms with Crippen LogP contribution in [-0.4, -0.2) is 43.8 Å². The highest BCUT2D eigenvalue weighted by atomic mass is 19.4. The molecular formula is C20H19F3N4O2. The van der Waals surface area contributed by atoms with Crippen LogP contribution in [0.3, 0.4) is 0 Å². The van der Waals surface area contributed by atoms with Gasteiger partial charge in [0, 0.05) is 37.2 Å². The number of benzene rings is 1. The predicted molar refractivity (Wildman–Crippen MR) is 100 cm³/mol. The van der Waals surface area contributed by atoms with E-state index in [0.29, 0.717) is 30.5 Å². The lowest BCUT2D eigenvalue weighted by molar-refractivity contribution is -0.137. The molecule has 6 nitrogen and oxygen atoms in total. The number of alkyl halides is 3. The number of phenolic OH excluding ortho intramolecular Hbond substituents is 1. The monoisotopic (exact) mass is 404 g/mol. The van der Waals surface area contributed by atoms with Crippen molar-refractivity contribution in [1.29, 1.82) is 0 Å². The molecule has 3 heterocycles. The second-order valence-electron chi connectivity index (χ2n) is 7.31. The molecule has 0 radical (unpaired) electrons. The number of rotatable bonds is 2. The van der Waals surface area contributed by atoms with Crippen molar-refractivity contribution < 1.29 is 23.1 Å². The molecule has 1 amide bonds. The van der Waals surface area contributed by atoms with E-state index in [1.165, 1.54) is 13.8 Å². The van der Waals surface area contributed by atoms with Crippen LogP contribution >= 0.6 is 0 Å². The fourth-order valence-electron chi connectivity index (χ4n) is 3.76. The van der Waals surface area contributed by atoms with Gasteiger partial charge >= 0.3 is 6.18 Å². The number of aryl methyl sites for hydroxylation is 1. The molecule has 29 heavy (non-hydrogen) atoms. The Kier molecular flexibility index (Phi) is 4.48. The summed E-state index contributed by atoms with van der Waals surface area (Å²) in [6, 6.07) is 5.18. The number of pyridine rings is 1. The van der Waals surface area contributed by atoms with Crippen LogP contribution in [0.1, 0.15) is 30.5 Å². The van der Waals surface area contributed by atoms with Crippen LogP contribution < -0.4 is 0 Å². The largest absolute Gasteiger partial charge is 0.507 e. The first-order valence-corrected chi connectivity index (χ1v) is 9.16. The van der Waals surface area contributed by atoms with Gasteiger partial charge in [0.2, 0.25) is 5.91 Å². The maximum absolute atomic E-state index is 13.0. The average molecular weight is 404 g/mol. The van der Waals surface area contributed by atoms with Crippen molar-refractivity contribution in [3.8, 4) is 17.0 Å². The molecule has 1 aliphatic heterocycles. The first-order valence-electron chi connectivity index (χ1n) is 9.16. The summed E-state index contributed by atoms with van der Waals surface area (Å²) in [5.41, 5.74) is 0.401. The summed E-state index contributed by atoms with van der Waals surface area (Å²) < 4.78 is 40.6. The molecule has 1 N–H and O–H groups in total. The fraction of sp³-hybridized carbons (Fsp3) is 0.350. The lowest BCUT2D eigenvalue weighted by atomic mass is 10.00. The summed E-state index contributed by atoms with van der Waals surface area (Å²) in [5, 5.41) is 15.5. The van der Waals surface area contributed by atoms with E-state index in [1.807, 2.05) is 6.20 Å². The summed E-state index contributed by atoms with van der Waals surface area (Å²) in [6.45, 7) is 4.29. The van der Waals surface area contributed by atoms with E-state index >= 15 is 0 Å². The van der Waals surface area contributed by atoms with Gasteiger partial charge in [-0.05, 0) is 43.2 Å². The SMILES string of the molecule is CC(=O)N1CC[C@H](n2cc3ccc(-c4c(C)cc(C(F)(F)F)cc4O)nc3n2)C1. The maximum Gasteiger partial charge on any atom is 0.416 e. The van der Waals surface area contributed by atoms with Crippen molar-refractivity contribution in [1.82, 2.24) is 19.7 Å². The smallest absolute Gasteiger partial charge is 0.416 e. The summed E-state index contributed by atoms with van der Waals surface area (Å²) in [6.07, 6.45) is -1.90. The summed E-state index contributed by atoms with van der Waals surface area (Å²) >= 11 is 0. The quantitative estimate of drug-likeness (QED) is 0.703. The Balaban J connectivity index is 1.69. The third-order valence-electron chi connectivity index (χ3n) is 5.27.